The molecule has 3 aromatic rings. The van der Waals surface area contributed by atoms with E-state index in [9.17, 15) is 9.59 Å². The van der Waals surface area contributed by atoms with Crippen LogP contribution in [-0.4, -0.2) is 45.2 Å². The van der Waals surface area contributed by atoms with E-state index in [1.165, 1.54) is 18.6 Å². The van der Waals surface area contributed by atoms with Gasteiger partial charge in [-0.05, 0) is 61.7 Å². The van der Waals surface area contributed by atoms with Crippen LogP contribution in [0.5, 0.6) is 0 Å². The number of carboxylic acid groups (broad SMARTS) is 1. The Bertz CT molecular complexity index is 1000. The maximum Gasteiger partial charge on any atom is 0.335 e. The lowest BCUT2D eigenvalue weighted by Gasteiger charge is -2.26. The van der Waals surface area contributed by atoms with Crippen LogP contribution in [0.2, 0.25) is 0 Å². The molecule has 1 aliphatic heterocycles. The molecule has 7 nitrogen and oxygen atoms in total. The Labute approximate surface area is 161 Å². The summed E-state index contributed by atoms with van der Waals surface area (Å²) in [7, 11) is 0. The maximum atomic E-state index is 12.6. The first-order valence-electron chi connectivity index (χ1n) is 9.19. The highest BCUT2D eigenvalue weighted by molar-refractivity contribution is 5.94. The number of carboxylic acids is 1. The monoisotopic (exact) mass is 377 g/mol. The smallest absolute Gasteiger partial charge is 0.335 e. The predicted octanol–water partition coefficient (Wildman–Crippen LogP) is 3.73. The molecule has 0 unspecified atom stereocenters. The number of benzene rings is 2. The summed E-state index contributed by atoms with van der Waals surface area (Å²) in [6.45, 7) is 1.62. The van der Waals surface area contributed by atoms with Crippen LogP contribution >= 0.6 is 0 Å². The molecule has 7 heteroatoms. The van der Waals surface area contributed by atoms with Gasteiger partial charge < -0.3 is 14.4 Å². The van der Waals surface area contributed by atoms with Crippen molar-refractivity contribution in [2.75, 3.05) is 13.1 Å². The molecule has 0 atom stereocenters. The normalized spacial score (nSPS) is 14.1. The molecule has 142 valence electrons. The third kappa shape index (κ3) is 3.64. The van der Waals surface area contributed by atoms with Crippen LogP contribution in [0, 0.1) is 0 Å². The lowest BCUT2D eigenvalue weighted by atomic mass is 10.1. The molecule has 28 heavy (non-hydrogen) atoms. The Morgan fingerprint density at radius 1 is 0.857 bits per heavy atom. The quantitative estimate of drug-likeness (QED) is 0.744. The third-order valence-corrected chi connectivity index (χ3v) is 4.80. The number of aromatic carboxylic acids is 1. The van der Waals surface area contributed by atoms with Gasteiger partial charge in [0.2, 0.25) is 11.8 Å². The van der Waals surface area contributed by atoms with Crippen molar-refractivity contribution in [3.63, 3.8) is 0 Å². The number of piperidine rings is 1. The Hall–Kier alpha value is -3.48. The average molecular weight is 377 g/mol. The van der Waals surface area contributed by atoms with E-state index in [1.54, 1.807) is 36.4 Å². The average Bonchev–Trinajstić information content (AvgIpc) is 3.24. The number of rotatable bonds is 4. The van der Waals surface area contributed by atoms with E-state index in [0.29, 0.717) is 22.6 Å². The molecule has 0 aliphatic carbocycles. The minimum atomic E-state index is -1.02. The first-order valence-corrected chi connectivity index (χ1v) is 9.19. The van der Waals surface area contributed by atoms with E-state index < -0.39 is 5.97 Å². The standard InChI is InChI=1S/C21H19N3O4/c25-20(24-11-2-1-3-12-24)15-9-7-14(8-10-15)18-22-23-19(28-18)16-5-4-6-17(13-16)21(26)27/h4-10,13H,1-3,11-12H2,(H,26,27). The topological polar surface area (TPSA) is 96.5 Å². The van der Waals surface area contributed by atoms with Gasteiger partial charge in [-0.25, -0.2) is 4.79 Å². The Kier molecular flexibility index (Phi) is 4.89. The first-order chi connectivity index (χ1) is 13.6. The van der Waals surface area contributed by atoms with Crippen molar-refractivity contribution in [2.45, 2.75) is 19.3 Å². The van der Waals surface area contributed by atoms with Crippen molar-refractivity contribution in [2.24, 2.45) is 0 Å². The summed E-state index contributed by atoms with van der Waals surface area (Å²) >= 11 is 0. The fourth-order valence-corrected chi connectivity index (χ4v) is 3.28. The van der Waals surface area contributed by atoms with Gasteiger partial charge in [-0.3, -0.25) is 4.79 Å². The van der Waals surface area contributed by atoms with Crippen LogP contribution in [0.4, 0.5) is 0 Å². The maximum absolute atomic E-state index is 12.6. The largest absolute Gasteiger partial charge is 0.478 e. The van der Waals surface area contributed by atoms with Crippen molar-refractivity contribution in [1.29, 1.82) is 0 Å². The van der Waals surface area contributed by atoms with E-state index in [4.69, 9.17) is 9.52 Å². The van der Waals surface area contributed by atoms with Gasteiger partial charge in [-0.2, -0.15) is 0 Å². The lowest BCUT2D eigenvalue weighted by molar-refractivity contribution is 0.0694. The molecule has 1 amide bonds. The zero-order valence-electron chi connectivity index (χ0n) is 15.2. The minimum absolute atomic E-state index is 0.0444. The number of carbonyl (C=O) groups excluding carboxylic acids is 1. The lowest BCUT2D eigenvalue weighted by Crippen LogP contribution is -2.35. The summed E-state index contributed by atoms with van der Waals surface area (Å²) in [5, 5.41) is 17.2. The Balaban J connectivity index is 1.53. The van der Waals surface area contributed by atoms with Crippen molar-refractivity contribution in [3.8, 4) is 22.9 Å². The van der Waals surface area contributed by atoms with E-state index >= 15 is 0 Å². The van der Waals surface area contributed by atoms with Gasteiger partial charge in [0.05, 0.1) is 5.56 Å². The van der Waals surface area contributed by atoms with Crippen LogP contribution in [0.25, 0.3) is 22.9 Å². The molecule has 0 saturated carbocycles. The van der Waals surface area contributed by atoms with Crippen LogP contribution in [0.1, 0.15) is 40.0 Å². The van der Waals surface area contributed by atoms with Gasteiger partial charge in [-0.1, -0.05) is 6.07 Å². The predicted molar refractivity (Wildman–Crippen MR) is 102 cm³/mol. The van der Waals surface area contributed by atoms with Crippen LogP contribution in [0.3, 0.4) is 0 Å². The zero-order valence-corrected chi connectivity index (χ0v) is 15.2. The molecule has 2 aromatic carbocycles. The third-order valence-electron chi connectivity index (χ3n) is 4.80. The summed E-state index contributed by atoms with van der Waals surface area (Å²) in [6.07, 6.45) is 3.28. The Morgan fingerprint density at radius 3 is 2.21 bits per heavy atom. The summed E-state index contributed by atoms with van der Waals surface area (Å²) in [6, 6.07) is 13.4. The number of likely N-dealkylation sites (tertiary alicyclic amines) is 1. The second-order valence-electron chi connectivity index (χ2n) is 6.73. The SMILES string of the molecule is O=C(O)c1cccc(-c2nnc(-c3ccc(C(=O)N4CCCCC4)cc3)o2)c1. The molecule has 0 radical (unpaired) electrons. The van der Waals surface area contributed by atoms with Crippen molar-refractivity contribution in [1.82, 2.24) is 15.1 Å². The first kappa shape index (κ1) is 17.9. The van der Waals surface area contributed by atoms with Crippen LogP contribution < -0.4 is 0 Å². The molecule has 1 fully saturated rings. The van der Waals surface area contributed by atoms with Gasteiger partial charge in [-0.15, -0.1) is 10.2 Å². The zero-order chi connectivity index (χ0) is 19.5. The van der Waals surface area contributed by atoms with E-state index in [0.717, 1.165) is 25.9 Å². The van der Waals surface area contributed by atoms with Gasteiger partial charge in [0, 0.05) is 29.8 Å². The van der Waals surface area contributed by atoms with Crippen molar-refractivity contribution < 1.29 is 19.1 Å². The van der Waals surface area contributed by atoms with E-state index in [2.05, 4.69) is 10.2 Å². The number of nitrogens with zero attached hydrogens (tertiary/aromatic N) is 3. The summed E-state index contributed by atoms with van der Waals surface area (Å²) in [5.41, 5.74) is 2.02. The molecule has 1 saturated heterocycles. The molecular formula is C21H19N3O4. The highest BCUT2D eigenvalue weighted by Gasteiger charge is 2.19. The Morgan fingerprint density at radius 2 is 1.54 bits per heavy atom. The second kappa shape index (κ2) is 7.64. The highest BCUT2D eigenvalue weighted by atomic mass is 16.4. The fourth-order valence-electron chi connectivity index (χ4n) is 3.28. The number of hydrogen-bond donors (Lipinski definition) is 1. The summed E-state index contributed by atoms with van der Waals surface area (Å²) in [4.78, 5) is 25.6. The molecule has 2 heterocycles. The molecule has 0 spiro atoms. The van der Waals surface area contributed by atoms with Crippen LogP contribution in [-0.2, 0) is 0 Å². The van der Waals surface area contributed by atoms with Gasteiger partial charge in [0.15, 0.2) is 0 Å². The minimum Gasteiger partial charge on any atom is -0.478 e. The van der Waals surface area contributed by atoms with Crippen molar-refractivity contribution >= 4 is 11.9 Å². The molecule has 0 bridgehead atoms. The fraction of sp³-hybridized carbons (Fsp3) is 0.238. The highest BCUT2D eigenvalue weighted by Crippen LogP contribution is 2.25. The van der Waals surface area contributed by atoms with Gasteiger partial charge >= 0.3 is 5.97 Å². The number of carbonyl (C=O) groups is 2. The molecule has 1 aromatic heterocycles. The summed E-state index contributed by atoms with van der Waals surface area (Å²) < 4.78 is 5.70. The van der Waals surface area contributed by atoms with E-state index in [-0.39, 0.29) is 17.4 Å². The molecule has 4 rings (SSSR count). The van der Waals surface area contributed by atoms with E-state index in [1.807, 2.05) is 4.90 Å². The number of hydrogen-bond acceptors (Lipinski definition) is 5. The van der Waals surface area contributed by atoms with Gasteiger partial charge in [0.25, 0.3) is 5.91 Å². The number of aromatic nitrogens is 2. The van der Waals surface area contributed by atoms with Crippen LogP contribution in [0.15, 0.2) is 52.9 Å². The molecular weight excluding hydrogens is 358 g/mol. The number of amides is 1. The molecule has 1 aliphatic rings. The summed E-state index contributed by atoms with van der Waals surface area (Å²) in [5.74, 6) is -0.419. The second-order valence-corrected chi connectivity index (χ2v) is 6.73. The van der Waals surface area contributed by atoms with Gasteiger partial charge in [0.1, 0.15) is 0 Å². The van der Waals surface area contributed by atoms with Crippen molar-refractivity contribution in [3.05, 3.63) is 59.7 Å². The molecule has 1 N–H and O–H groups in total.